The van der Waals surface area contributed by atoms with Crippen LogP contribution in [0.15, 0.2) is 58.5 Å². The van der Waals surface area contributed by atoms with Crippen LogP contribution < -0.4 is 16.2 Å². The first-order valence-electron chi connectivity index (χ1n) is 10.9. The summed E-state index contributed by atoms with van der Waals surface area (Å²) in [4.78, 5) is 41.9. The van der Waals surface area contributed by atoms with Crippen LogP contribution in [-0.2, 0) is 20.9 Å². The Morgan fingerprint density at radius 3 is 2.52 bits per heavy atom. The van der Waals surface area contributed by atoms with Crippen molar-refractivity contribution < 1.29 is 14.3 Å². The molecule has 0 radical (unpaired) electrons. The standard InChI is InChI=1S/C24H26N4O4S/c1-15(22(30)26-18-11-9-17(10-12-18)25-16(2)29)33-24-27-21-8-4-3-7-20(21)23(31)28(24)14-19-6-5-13-32-19/h3-4,7-12,15,19H,5-6,13-14H2,1-2H3,(H,25,29)(H,26,30)/t15-,19-/m0/s1. The summed E-state index contributed by atoms with van der Waals surface area (Å²) in [5.74, 6) is -0.368. The number of para-hydroxylation sites is 1. The lowest BCUT2D eigenvalue weighted by atomic mass is 10.2. The van der Waals surface area contributed by atoms with E-state index >= 15 is 0 Å². The molecule has 3 aromatic rings. The Labute approximate surface area is 195 Å². The lowest BCUT2D eigenvalue weighted by Crippen LogP contribution is -2.30. The molecule has 33 heavy (non-hydrogen) atoms. The Kier molecular flexibility index (Phi) is 7.10. The predicted octanol–water partition coefficient (Wildman–Crippen LogP) is 3.65. The summed E-state index contributed by atoms with van der Waals surface area (Å²) in [6.45, 7) is 4.33. The fourth-order valence-electron chi connectivity index (χ4n) is 3.69. The Hall–Kier alpha value is -3.17. The van der Waals surface area contributed by atoms with Crippen LogP contribution in [0.3, 0.4) is 0 Å². The fraction of sp³-hybridized carbons (Fsp3) is 0.333. The average Bonchev–Trinajstić information content (AvgIpc) is 3.30. The number of thioether (sulfide) groups is 1. The van der Waals surface area contributed by atoms with E-state index in [0.717, 1.165) is 12.8 Å². The highest BCUT2D eigenvalue weighted by Crippen LogP contribution is 2.25. The van der Waals surface area contributed by atoms with Crippen LogP contribution in [0.4, 0.5) is 11.4 Å². The van der Waals surface area contributed by atoms with Crippen molar-refractivity contribution in [2.24, 2.45) is 0 Å². The third-order valence-corrected chi connectivity index (χ3v) is 6.45. The van der Waals surface area contributed by atoms with Gasteiger partial charge in [-0.25, -0.2) is 4.98 Å². The zero-order valence-electron chi connectivity index (χ0n) is 18.5. The lowest BCUT2D eigenvalue weighted by molar-refractivity contribution is -0.115. The summed E-state index contributed by atoms with van der Waals surface area (Å²) in [7, 11) is 0. The SMILES string of the molecule is CC(=O)Nc1ccc(NC(=O)[C@H](C)Sc2nc3ccccc3c(=O)n2C[C@@H]2CCCO2)cc1. The highest BCUT2D eigenvalue weighted by molar-refractivity contribution is 8.00. The predicted molar refractivity (Wildman–Crippen MR) is 130 cm³/mol. The molecule has 8 nitrogen and oxygen atoms in total. The van der Waals surface area contributed by atoms with Crippen molar-refractivity contribution in [3.63, 3.8) is 0 Å². The minimum atomic E-state index is -0.496. The Bertz CT molecular complexity index is 1220. The molecule has 1 aliphatic rings. The van der Waals surface area contributed by atoms with Crippen molar-refractivity contribution in [2.75, 3.05) is 17.2 Å². The van der Waals surface area contributed by atoms with Crippen LogP contribution >= 0.6 is 11.8 Å². The van der Waals surface area contributed by atoms with Gasteiger partial charge in [0.05, 0.1) is 28.8 Å². The van der Waals surface area contributed by atoms with Crippen molar-refractivity contribution in [3.8, 4) is 0 Å². The summed E-state index contributed by atoms with van der Waals surface area (Å²) in [6, 6.07) is 14.1. The van der Waals surface area contributed by atoms with E-state index in [-0.39, 0.29) is 23.5 Å². The molecule has 172 valence electrons. The molecule has 2 N–H and O–H groups in total. The topological polar surface area (TPSA) is 102 Å². The van der Waals surface area contributed by atoms with Crippen LogP contribution in [0.25, 0.3) is 10.9 Å². The molecule has 4 rings (SSSR count). The molecule has 2 aromatic carbocycles. The normalized spacial score (nSPS) is 16.5. The van der Waals surface area contributed by atoms with E-state index in [2.05, 4.69) is 10.6 Å². The second kappa shape index (κ2) is 10.2. The summed E-state index contributed by atoms with van der Waals surface area (Å²) in [5.41, 5.74) is 1.75. The molecule has 9 heteroatoms. The maximum absolute atomic E-state index is 13.2. The Morgan fingerprint density at radius 2 is 1.85 bits per heavy atom. The van der Waals surface area contributed by atoms with Gasteiger partial charge in [-0.1, -0.05) is 23.9 Å². The van der Waals surface area contributed by atoms with Crippen molar-refractivity contribution in [1.29, 1.82) is 0 Å². The highest BCUT2D eigenvalue weighted by atomic mass is 32.2. The molecule has 1 aromatic heterocycles. The lowest BCUT2D eigenvalue weighted by Gasteiger charge is -2.18. The first-order valence-corrected chi connectivity index (χ1v) is 11.7. The smallest absolute Gasteiger partial charge is 0.262 e. The number of hydrogen-bond acceptors (Lipinski definition) is 6. The molecule has 2 heterocycles. The van der Waals surface area contributed by atoms with Gasteiger partial charge in [0, 0.05) is 24.9 Å². The maximum atomic E-state index is 13.2. The number of carbonyl (C=O) groups excluding carboxylic acids is 2. The summed E-state index contributed by atoms with van der Waals surface area (Å²) < 4.78 is 7.38. The number of amides is 2. The van der Waals surface area contributed by atoms with E-state index in [9.17, 15) is 14.4 Å². The van der Waals surface area contributed by atoms with Gasteiger partial charge in [-0.2, -0.15) is 0 Å². The van der Waals surface area contributed by atoms with Gasteiger partial charge in [-0.05, 0) is 56.2 Å². The average molecular weight is 467 g/mol. The number of nitrogens with one attached hydrogen (secondary N) is 2. The molecule has 0 aliphatic carbocycles. The number of fused-ring (bicyclic) bond motifs is 1. The molecule has 1 fully saturated rings. The summed E-state index contributed by atoms with van der Waals surface area (Å²) >= 11 is 1.25. The highest BCUT2D eigenvalue weighted by Gasteiger charge is 2.23. The largest absolute Gasteiger partial charge is 0.376 e. The van der Waals surface area contributed by atoms with Gasteiger partial charge < -0.3 is 15.4 Å². The minimum Gasteiger partial charge on any atom is -0.376 e. The molecular formula is C24H26N4O4S. The molecular weight excluding hydrogens is 440 g/mol. The van der Waals surface area contributed by atoms with E-state index < -0.39 is 5.25 Å². The number of hydrogen-bond donors (Lipinski definition) is 2. The van der Waals surface area contributed by atoms with Crippen molar-refractivity contribution >= 4 is 45.9 Å². The van der Waals surface area contributed by atoms with Gasteiger partial charge in [-0.15, -0.1) is 0 Å². The Balaban J connectivity index is 1.53. The summed E-state index contributed by atoms with van der Waals surface area (Å²) in [6.07, 6.45) is 1.84. The maximum Gasteiger partial charge on any atom is 0.262 e. The number of ether oxygens (including phenoxy) is 1. The minimum absolute atomic E-state index is 0.0312. The third kappa shape index (κ3) is 5.61. The molecule has 0 saturated carbocycles. The van der Waals surface area contributed by atoms with E-state index in [4.69, 9.17) is 9.72 Å². The first-order chi connectivity index (χ1) is 15.9. The van der Waals surface area contributed by atoms with E-state index in [1.165, 1.54) is 18.7 Å². The number of nitrogens with zero attached hydrogens (tertiary/aromatic N) is 2. The van der Waals surface area contributed by atoms with Crippen LogP contribution in [0.5, 0.6) is 0 Å². The van der Waals surface area contributed by atoms with Gasteiger partial charge >= 0.3 is 0 Å². The monoisotopic (exact) mass is 466 g/mol. The molecule has 2 atom stereocenters. The fourth-order valence-corrected chi connectivity index (χ4v) is 4.60. The second-order valence-electron chi connectivity index (χ2n) is 7.97. The molecule has 1 aliphatic heterocycles. The number of aromatic nitrogens is 2. The van der Waals surface area contributed by atoms with E-state index in [0.29, 0.717) is 40.6 Å². The number of carbonyl (C=O) groups is 2. The van der Waals surface area contributed by atoms with Gasteiger partial charge in [-0.3, -0.25) is 19.0 Å². The van der Waals surface area contributed by atoms with Gasteiger partial charge in [0.25, 0.3) is 5.56 Å². The van der Waals surface area contributed by atoms with E-state index in [1.54, 1.807) is 47.9 Å². The van der Waals surface area contributed by atoms with Gasteiger partial charge in [0.1, 0.15) is 0 Å². The number of anilines is 2. The van der Waals surface area contributed by atoms with Crippen LogP contribution in [0.1, 0.15) is 26.7 Å². The Morgan fingerprint density at radius 1 is 1.15 bits per heavy atom. The van der Waals surface area contributed by atoms with Crippen LogP contribution in [0, 0.1) is 0 Å². The number of benzene rings is 2. The zero-order valence-corrected chi connectivity index (χ0v) is 19.4. The molecule has 1 saturated heterocycles. The third-order valence-electron chi connectivity index (χ3n) is 5.36. The van der Waals surface area contributed by atoms with Crippen molar-refractivity contribution in [1.82, 2.24) is 9.55 Å². The molecule has 0 bridgehead atoms. The molecule has 0 spiro atoms. The quantitative estimate of drug-likeness (QED) is 0.407. The second-order valence-corrected chi connectivity index (χ2v) is 9.28. The van der Waals surface area contributed by atoms with Crippen LogP contribution in [-0.4, -0.2) is 39.3 Å². The van der Waals surface area contributed by atoms with E-state index in [1.807, 2.05) is 12.1 Å². The summed E-state index contributed by atoms with van der Waals surface area (Å²) in [5, 5.41) is 6.12. The van der Waals surface area contributed by atoms with Crippen molar-refractivity contribution in [3.05, 3.63) is 58.9 Å². The molecule has 0 unspecified atom stereocenters. The van der Waals surface area contributed by atoms with Crippen molar-refractivity contribution in [2.45, 2.75) is 49.7 Å². The van der Waals surface area contributed by atoms with Gasteiger partial charge in [0.2, 0.25) is 11.8 Å². The van der Waals surface area contributed by atoms with Crippen LogP contribution in [0.2, 0.25) is 0 Å². The molecule has 2 amide bonds. The first kappa shape index (κ1) is 23.0. The zero-order chi connectivity index (χ0) is 23.4. The van der Waals surface area contributed by atoms with Gasteiger partial charge in [0.15, 0.2) is 5.16 Å². The number of rotatable bonds is 7.